The molecule has 0 aromatic carbocycles. The van der Waals surface area contributed by atoms with Crippen LogP contribution in [0, 0.1) is 10.1 Å². The van der Waals surface area contributed by atoms with Gasteiger partial charge in [-0.15, -0.1) is 0 Å². The van der Waals surface area contributed by atoms with Gasteiger partial charge in [0.25, 0.3) is 5.69 Å². The largest absolute Gasteiger partial charge is 0.383 e. The van der Waals surface area contributed by atoms with E-state index in [1.54, 1.807) is 18.1 Å². The van der Waals surface area contributed by atoms with Crippen molar-refractivity contribution in [1.82, 2.24) is 19.7 Å². The van der Waals surface area contributed by atoms with Crippen LogP contribution in [-0.4, -0.2) is 24.7 Å². The molecule has 0 aliphatic rings. The fourth-order valence-corrected chi connectivity index (χ4v) is 1.37. The van der Waals surface area contributed by atoms with Gasteiger partial charge in [0, 0.05) is 7.05 Å². The monoisotopic (exact) mass is 249 g/mol. The van der Waals surface area contributed by atoms with Crippen molar-refractivity contribution < 1.29 is 4.92 Å². The second-order valence-electron chi connectivity index (χ2n) is 3.58. The first kappa shape index (κ1) is 11.8. The van der Waals surface area contributed by atoms with E-state index in [4.69, 9.17) is 5.73 Å². The number of rotatable bonds is 4. The van der Waals surface area contributed by atoms with Gasteiger partial charge in [-0.05, 0) is 0 Å². The van der Waals surface area contributed by atoms with Crippen LogP contribution in [0.4, 0.5) is 17.3 Å². The zero-order valence-corrected chi connectivity index (χ0v) is 9.57. The molecule has 2 aromatic heterocycles. The van der Waals surface area contributed by atoms with E-state index in [0.717, 1.165) is 0 Å². The van der Waals surface area contributed by atoms with Crippen LogP contribution in [0.25, 0.3) is 0 Å². The molecule has 0 spiro atoms. The standard InChI is InChI=1S/C9H11N7O2/c1-15-5-12-9(14-15)4-11-8-3-6(16(17)18)2-7(10)13-8/h2-3,5H,4H2,1H3,(H3,10,11,13). The molecule has 2 aromatic rings. The Balaban J connectivity index is 2.11. The van der Waals surface area contributed by atoms with Crippen LogP contribution in [0.3, 0.4) is 0 Å². The Morgan fingerprint density at radius 2 is 2.33 bits per heavy atom. The molecule has 18 heavy (non-hydrogen) atoms. The number of pyridine rings is 1. The summed E-state index contributed by atoms with van der Waals surface area (Å²) in [5.74, 6) is 0.958. The SMILES string of the molecule is Cn1cnc(CNc2cc([N+](=O)[O-])cc(N)n2)n1. The first-order chi connectivity index (χ1) is 8.54. The van der Waals surface area contributed by atoms with Crippen molar-refractivity contribution in [2.45, 2.75) is 6.54 Å². The molecule has 2 heterocycles. The molecule has 0 radical (unpaired) electrons. The van der Waals surface area contributed by atoms with Gasteiger partial charge in [0.2, 0.25) is 0 Å². The molecule has 9 heteroatoms. The average Bonchev–Trinajstić information content (AvgIpc) is 2.72. The van der Waals surface area contributed by atoms with Crippen LogP contribution in [-0.2, 0) is 13.6 Å². The molecule has 0 amide bonds. The van der Waals surface area contributed by atoms with Gasteiger partial charge < -0.3 is 11.1 Å². The number of anilines is 2. The lowest BCUT2D eigenvalue weighted by atomic mass is 10.3. The summed E-state index contributed by atoms with van der Waals surface area (Å²) in [6.07, 6.45) is 1.56. The van der Waals surface area contributed by atoms with Gasteiger partial charge in [0.15, 0.2) is 5.82 Å². The van der Waals surface area contributed by atoms with Crippen LogP contribution in [0.2, 0.25) is 0 Å². The predicted molar refractivity (Wildman–Crippen MR) is 63.6 cm³/mol. The molecule has 2 rings (SSSR count). The van der Waals surface area contributed by atoms with E-state index in [2.05, 4.69) is 20.4 Å². The highest BCUT2D eigenvalue weighted by atomic mass is 16.6. The predicted octanol–water partition coefficient (Wildman–Crippen LogP) is 0.313. The Labute approximate surface area is 102 Å². The van der Waals surface area contributed by atoms with Gasteiger partial charge in [-0.3, -0.25) is 14.8 Å². The third kappa shape index (κ3) is 2.70. The van der Waals surface area contributed by atoms with Gasteiger partial charge in [0.05, 0.1) is 23.6 Å². The van der Waals surface area contributed by atoms with Crippen molar-refractivity contribution in [1.29, 1.82) is 0 Å². The summed E-state index contributed by atoms with van der Waals surface area (Å²) in [5.41, 5.74) is 5.37. The summed E-state index contributed by atoms with van der Waals surface area (Å²) in [7, 11) is 1.75. The number of nitro groups is 1. The molecule has 0 unspecified atom stereocenters. The highest BCUT2D eigenvalue weighted by molar-refractivity contribution is 5.52. The van der Waals surface area contributed by atoms with Crippen molar-refractivity contribution in [3.63, 3.8) is 0 Å². The van der Waals surface area contributed by atoms with Crippen LogP contribution in [0.1, 0.15) is 5.82 Å². The molecule has 0 saturated carbocycles. The molecule has 9 nitrogen and oxygen atoms in total. The van der Waals surface area contributed by atoms with Crippen molar-refractivity contribution in [2.75, 3.05) is 11.1 Å². The third-order valence-corrected chi connectivity index (χ3v) is 2.12. The lowest BCUT2D eigenvalue weighted by molar-refractivity contribution is -0.384. The van der Waals surface area contributed by atoms with E-state index >= 15 is 0 Å². The number of hydrogen-bond donors (Lipinski definition) is 2. The van der Waals surface area contributed by atoms with Gasteiger partial charge in [0.1, 0.15) is 18.0 Å². The van der Waals surface area contributed by atoms with E-state index in [-0.39, 0.29) is 11.5 Å². The molecule has 0 fully saturated rings. The Bertz CT molecular complexity index is 580. The minimum Gasteiger partial charge on any atom is -0.383 e. The second kappa shape index (κ2) is 4.65. The van der Waals surface area contributed by atoms with Crippen LogP contribution < -0.4 is 11.1 Å². The van der Waals surface area contributed by atoms with E-state index < -0.39 is 4.92 Å². The zero-order valence-electron chi connectivity index (χ0n) is 9.57. The van der Waals surface area contributed by atoms with E-state index in [1.165, 1.54) is 12.1 Å². The first-order valence-corrected chi connectivity index (χ1v) is 5.05. The maximum atomic E-state index is 10.6. The highest BCUT2D eigenvalue weighted by Crippen LogP contribution is 2.18. The number of hydrogen-bond acceptors (Lipinski definition) is 7. The van der Waals surface area contributed by atoms with Crippen LogP contribution in [0.5, 0.6) is 0 Å². The maximum absolute atomic E-state index is 10.6. The summed E-state index contributed by atoms with van der Waals surface area (Å²) in [5, 5.41) is 17.6. The molecule has 0 aliphatic heterocycles. The molecule has 0 aliphatic carbocycles. The van der Waals surface area contributed by atoms with Crippen molar-refractivity contribution in [2.24, 2.45) is 7.05 Å². The quantitative estimate of drug-likeness (QED) is 0.590. The Morgan fingerprint density at radius 3 is 2.94 bits per heavy atom. The number of aromatic nitrogens is 4. The second-order valence-corrected chi connectivity index (χ2v) is 3.58. The first-order valence-electron chi connectivity index (χ1n) is 5.05. The van der Waals surface area contributed by atoms with Gasteiger partial charge in [-0.25, -0.2) is 9.97 Å². The number of nitrogens with zero attached hydrogens (tertiary/aromatic N) is 5. The fraction of sp³-hybridized carbons (Fsp3) is 0.222. The maximum Gasteiger partial charge on any atom is 0.276 e. The van der Waals surface area contributed by atoms with Gasteiger partial charge in [-0.2, -0.15) is 5.10 Å². The smallest absolute Gasteiger partial charge is 0.276 e. The summed E-state index contributed by atoms with van der Waals surface area (Å²) in [6.45, 7) is 0.314. The minimum atomic E-state index is -0.526. The summed E-state index contributed by atoms with van der Waals surface area (Å²) in [4.78, 5) is 18.1. The zero-order chi connectivity index (χ0) is 13.1. The van der Waals surface area contributed by atoms with E-state index in [1.807, 2.05) is 0 Å². The number of nitrogens with one attached hydrogen (secondary N) is 1. The highest BCUT2D eigenvalue weighted by Gasteiger charge is 2.10. The molecule has 94 valence electrons. The molecular weight excluding hydrogens is 238 g/mol. The molecule has 0 atom stereocenters. The van der Waals surface area contributed by atoms with Crippen molar-refractivity contribution in [3.8, 4) is 0 Å². The van der Waals surface area contributed by atoms with Crippen molar-refractivity contribution >= 4 is 17.3 Å². The number of nitrogens with two attached hydrogens (primary N) is 1. The molecular formula is C9H11N7O2. The van der Waals surface area contributed by atoms with E-state index in [9.17, 15) is 10.1 Å². The Hall–Kier alpha value is -2.71. The third-order valence-electron chi connectivity index (χ3n) is 2.12. The van der Waals surface area contributed by atoms with Gasteiger partial charge in [-0.1, -0.05) is 0 Å². The fourth-order valence-electron chi connectivity index (χ4n) is 1.37. The number of aryl methyl sites for hydroxylation is 1. The summed E-state index contributed by atoms with van der Waals surface area (Å²) < 4.78 is 1.56. The average molecular weight is 249 g/mol. The lowest BCUT2D eigenvalue weighted by Crippen LogP contribution is -2.05. The van der Waals surface area contributed by atoms with Crippen LogP contribution in [0.15, 0.2) is 18.5 Å². The normalized spacial score (nSPS) is 10.3. The van der Waals surface area contributed by atoms with Crippen LogP contribution >= 0.6 is 0 Å². The lowest BCUT2D eigenvalue weighted by Gasteiger charge is -2.03. The van der Waals surface area contributed by atoms with E-state index in [0.29, 0.717) is 18.2 Å². The topological polar surface area (TPSA) is 125 Å². The Kier molecular flexibility index (Phi) is 3.04. The molecule has 0 bridgehead atoms. The molecule has 0 saturated heterocycles. The molecule has 3 N–H and O–H groups in total. The van der Waals surface area contributed by atoms with Gasteiger partial charge >= 0.3 is 0 Å². The van der Waals surface area contributed by atoms with Crippen molar-refractivity contribution in [3.05, 3.63) is 34.4 Å². The Morgan fingerprint density at radius 1 is 1.56 bits per heavy atom. The summed E-state index contributed by atoms with van der Waals surface area (Å²) in [6, 6.07) is 2.50. The minimum absolute atomic E-state index is 0.0840. The summed E-state index contributed by atoms with van der Waals surface area (Å²) >= 11 is 0. The number of nitrogen functional groups attached to an aromatic ring is 1.